The van der Waals surface area contributed by atoms with Crippen molar-refractivity contribution < 1.29 is 9.13 Å². The van der Waals surface area contributed by atoms with Gasteiger partial charge < -0.3 is 10.5 Å². The maximum atomic E-state index is 12.9. The second-order valence-electron chi connectivity index (χ2n) is 4.09. The van der Waals surface area contributed by atoms with Gasteiger partial charge in [0.05, 0.1) is 0 Å². The normalized spacial score (nSPS) is 10.3. The Morgan fingerprint density at radius 2 is 1.89 bits per heavy atom. The molecular formula is C15H16FNO. The quantitative estimate of drug-likeness (QED) is 0.836. The molecule has 0 radical (unpaired) electrons. The summed E-state index contributed by atoms with van der Waals surface area (Å²) in [7, 11) is 0. The Bertz CT molecular complexity index is 540. The molecule has 0 saturated heterocycles. The fraction of sp³-hybridized carbons (Fsp3) is 0.200. The fourth-order valence-electron chi connectivity index (χ4n) is 1.79. The number of anilines is 1. The lowest BCUT2D eigenvalue weighted by molar-refractivity contribution is 0.303. The summed E-state index contributed by atoms with van der Waals surface area (Å²) in [6.45, 7) is 2.43. The Balaban J connectivity index is 2.11. The number of benzene rings is 2. The maximum Gasteiger partial charge on any atom is 0.125 e. The molecule has 0 fully saturated rings. The van der Waals surface area contributed by atoms with Gasteiger partial charge in [0.1, 0.15) is 18.2 Å². The van der Waals surface area contributed by atoms with Crippen molar-refractivity contribution in [2.75, 3.05) is 5.73 Å². The largest absolute Gasteiger partial charge is 0.489 e. The second kappa shape index (κ2) is 5.54. The van der Waals surface area contributed by atoms with Gasteiger partial charge in [0.15, 0.2) is 0 Å². The maximum absolute atomic E-state index is 12.9. The fourth-order valence-corrected chi connectivity index (χ4v) is 1.79. The number of ether oxygens (including phenoxy) is 1. The first kappa shape index (κ1) is 12.4. The summed E-state index contributed by atoms with van der Waals surface area (Å²) in [6, 6.07) is 12.2. The molecule has 2 rings (SSSR count). The molecule has 0 aliphatic carbocycles. The Hall–Kier alpha value is -2.03. The minimum absolute atomic E-state index is 0.329. The standard InChI is InChI=1S/C15H16FNO/c1-2-11-5-3-4-6-15(11)18-10-12-7-8-13(16)9-14(12)17/h3-9H,2,10,17H2,1H3. The highest BCUT2D eigenvalue weighted by atomic mass is 19.1. The molecule has 0 spiro atoms. The van der Waals surface area contributed by atoms with Gasteiger partial charge in [-0.3, -0.25) is 0 Å². The van der Waals surface area contributed by atoms with Crippen LogP contribution < -0.4 is 10.5 Å². The highest BCUT2D eigenvalue weighted by Gasteiger charge is 2.04. The first-order chi connectivity index (χ1) is 8.70. The highest BCUT2D eigenvalue weighted by molar-refractivity contribution is 5.46. The highest BCUT2D eigenvalue weighted by Crippen LogP contribution is 2.21. The Kier molecular flexibility index (Phi) is 3.82. The molecule has 3 heteroatoms. The van der Waals surface area contributed by atoms with E-state index in [2.05, 4.69) is 6.92 Å². The van der Waals surface area contributed by atoms with Crippen LogP contribution in [0.15, 0.2) is 42.5 Å². The molecule has 2 aromatic carbocycles. The predicted molar refractivity (Wildman–Crippen MR) is 71.0 cm³/mol. The lowest BCUT2D eigenvalue weighted by Gasteiger charge is -2.11. The van der Waals surface area contributed by atoms with E-state index in [4.69, 9.17) is 10.5 Å². The van der Waals surface area contributed by atoms with Gasteiger partial charge in [-0.15, -0.1) is 0 Å². The van der Waals surface area contributed by atoms with Crippen LogP contribution >= 0.6 is 0 Å². The summed E-state index contributed by atoms with van der Waals surface area (Å²) in [5.74, 6) is 0.522. The van der Waals surface area contributed by atoms with E-state index >= 15 is 0 Å². The number of para-hydroxylation sites is 1. The number of hydrogen-bond donors (Lipinski definition) is 1. The van der Waals surface area contributed by atoms with E-state index in [1.54, 1.807) is 6.07 Å². The van der Waals surface area contributed by atoms with Gasteiger partial charge in [0, 0.05) is 11.3 Å². The Labute approximate surface area is 106 Å². The first-order valence-corrected chi connectivity index (χ1v) is 5.95. The van der Waals surface area contributed by atoms with E-state index in [1.165, 1.54) is 12.1 Å². The minimum Gasteiger partial charge on any atom is -0.489 e. The average molecular weight is 245 g/mol. The topological polar surface area (TPSA) is 35.2 Å². The second-order valence-corrected chi connectivity index (χ2v) is 4.09. The van der Waals surface area contributed by atoms with Crippen molar-refractivity contribution in [1.29, 1.82) is 0 Å². The molecule has 0 saturated carbocycles. The summed E-state index contributed by atoms with van der Waals surface area (Å²) in [4.78, 5) is 0. The third-order valence-corrected chi connectivity index (χ3v) is 2.84. The van der Waals surface area contributed by atoms with E-state index in [-0.39, 0.29) is 5.82 Å². The molecule has 0 aliphatic rings. The van der Waals surface area contributed by atoms with E-state index in [1.807, 2.05) is 24.3 Å². The van der Waals surface area contributed by atoms with Crippen molar-refractivity contribution in [2.45, 2.75) is 20.0 Å². The number of nitrogens with two attached hydrogens (primary N) is 1. The van der Waals surface area contributed by atoms with Crippen molar-refractivity contribution in [3.63, 3.8) is 0 Å². The molecule has 2 aromatic rings. The SMILES string of the molecule is CCc1ccccc1OCc1ccc(F)cc1N. The molecule has 2 N–H and O–H groups in total. The third kappa shape index (κ3) is 2.80. The van der Waals surface area contributed by atoms with Crippen LogP contribution in [-0.2, 0) is 13.0 Å². The van der Waals surface area contributed by atoms with Gasteiger partial charge in [0.25, 0.3) is 0 Å². The molecule has 0 aliphatic heterocycles. The predicted octanol–water partition coefficient (Wildman–Crippen LogP) is 3.55. The summed E-state index contributed by atoms with van der Waals surface area (Å²) in [5, 5.41) is 0. The third-order valence-electron chi connectivity index (χ3n) is 2.84. The van der Waals surface area contributed by atoms with Gasteiger partial charge >= 0.3 is 0 Å². The molecule has 0 atom stereocenters. The molecule has 18 heavy (non-hydrogen) atoms. The van der Waals surface area contributed by atoms with Crippen molar-refractivity contribution in [1.82, 2.24) is 0 Å². The zero-order chi connectivity index (χ0) is 13.0. The molecule has 0 unspecified atom stereocenters. The lowest BCUT2D eigenvalue weighted by Crippen LogP contribution is -2.02. The van der Waals surface area contributed by atoms with Crippen LogP contribution in [0.5, 0.6) is 5.75 Å². The number of rotatable bonds is 4. The summed E-state index contributed by atoms with van der Waals surface area (Å²) in [6.07, 6.45) is 0.912. The lowest BCUT2D eigenvalue weighted by atomic mass is 10.1. The Morgan fingerprint density at radius 3 is 2.61 bits per heavy atom. The van der Waals surface area contributed by atoms with Crippen LogP contribution in [-0.4, -0.2) is 0 Å². The van der Waals surface area contributed by atoms with Crippen LogP contribution in [0.2, 0.25) is 0 Å². The van der Waals surface area contributed by atoms with Crippen LogP contribution in [0.3, 0.4) is 0 Å². The van der Waals surface area contributed by atoms with E-state index in [0.29, 0.717) is 12.3 Å². The van der Waals surface area contributed by atoms with Crippen molar-refractivity contribution in [3.8, 4) is 5.75 Å². The molecule has 0 heterocycles. The molecule has 2 nitrogen and oxygen atoms in total. The number of halogens is 1. The molecule has 0 aromatic heterocycles. The van der Waals surface area contributed by atoms with E-state index in [9.17, 15) is 4.39 Å². The molecule has 94 valence electrons. The van der Waals surface area contributed by atoms with Gasteiger partial charge in [-0.25, -0.2) is 4.39 Å². The number of nitrogen functional groups attached to an aromatic ring is 1. The van der Waals surface area contributed by atoms with Gasteiger partial charge in [-0.2, -0.15) is 0 Å². The van der Waals surface area contributed by atoms with Crippen molar-refractivity contribution in [2.24, 2.45) is 0 Å². The smallest absolute Gasteiger partial charge is 0.125 e. The van der Waals surface area contributed by atoms with Crippen LogP contribution in [0.25, 0.3) is 0 Å². The average Bonchev–Trinajstić information content (AvgIpc) is 2.38. The number of aryl methyl sites for hydroxylation is 1. The first-order valence-electron chi connectivity index (χ1n) is 5.95. The zero-order valence-corrected chi connectivity index (χ0v) is 10.3. The summed E-state index contributed by atoms with van der Waals surface area (Å²) in [5.41, 5.74) is 8.10. The monoisotopic (exact) mass is 245 g/mol. The van der Waals surface area contributed by atoms with E-state index < -0.39 is 0 Å². The Morgan fingerprint density at radius 1 is 1.11 bits per heavy atom. The zero-order valence-electron chi connectivity index (χ0n) is 10.3. The summed E-state index contributed by atoms with van der Waals surface area (Å²) >= 11 is 0. The molecule has 0 bridgehead atoms. The van der Waals surface area contributed by atoms with Crippen molar-refractivity contribution in [3.05, 3.63) is 59.4 Å². The summed E-state index contributed by atoms with van der Waals surface area (Å²) < 4.78 is 18.6. The van der Waals surface area contributed by atoms with Crippen LogP contribution in [0.1, 0.15) is 18.1 Å². The number of hydrogen-bond acceptors (Lipinski definition) is 2. The van der Waals surface area contributed by atoms with Gasteiger partial charge in [-0.05, 0) is 30.2 Å². The van der Waals surface area contributed by atoms with Crippen molar-refractivity contribution >= 4 is 5.69 Å². The van der Waals surface area contributed by atoms with Crippen LogP contribution in [0, 0.1) is 5.82 Å². The van der Waals surface area contributed by atoms with E-state index in [0.717, 1.165) is 23.3 Å². The molecule has 0 amide bonds. The van der Waals surface area contributed by atoms with Crippen LogP contribution in [0.4, 0.5) is 10.1 Å². The molecular weight excluding hydrogens is 229 g/mol. The van der Waals surface area contributed by atoms with Gasteiger partial charge in [0.2, 0.25) is 0 Å². The van der Waals surface area contributed by atoms with Gasteiger partial charge in [-0.1, -0.05) is 31.2 Å². The minimum atomic E-state index is -0.329.